The van der Waals surface area contributed by atoms with Crippen LogP contribution in [-0.4, -0.2) is 32.5 Å². The lowest BCUT2D eigenvalue weighted by molar-refractivity contribution is -0.0135. The summed E-state index contributed by atoms with van der Waals surface area (Å²) in [6.07, 6.45) is 11.0. The number of nitrogens with zero attached hydrogens (tertiary/aromatic N) is 3. The van der Waals surface area contributed by atoms with Gasteiger partial charge in [0.25, 0.3) is 0 Å². The highest BCUT2D eigenvalue weighted by Crippen LogP contribution is 2.55. The van der Waals surface area contributed by atoms with E-state index in [4.69, 9.17) is 4.42 Å². The van der Waals surface area contributed by atoms with Crippen molar-refractivity contribution in [1.82, 2.24) is 25.0 Å². The Hall–Kier alpha value is -2.51. The molecule has 5 fully saturated rings. The highest BCUT2D eigenvalue weighted by molar-refractivity contribution is 5.74. The van der Waals surface area contributed by atoms with E-state index in [-0.39, 0.29) is 23.3 Å². The van der Waals surface area contributed by atoms with Crippen LogP contribution in [0.5, 0.6) is 0 Å². The van der Waals surface area contributed by atoms with Gasteiger partial charge in [-0.3, -0.25) is 4.57 Å². The number of amides is 2. The second-order valence-electron chi connectivity index (χ2n) is 9.99. The van der Waals surface area contributed by atoms with Crippen molar-refractivity contribution in [2.75, 3.05) is 6.54 Å². The first-order valence-electron chi connectivity index (χ1n) is 11.4. The van der Waals surface area contributed by atoms with Crippen LogP contribution in [0.4, 0.5) is 4.79 Å². The lowest BCUT2D eigenvalue weighted by atomic mass is 9.53. The maximum atomic E-state index is 12.8. The number of carbonyl (C=O) groups excluding carboxylic acids is 1. The van der Waals surface area contributed by atoms with E-state index in [2.05, 4.69) is 15.7 Å². The Kier molecular flexibility index (Phi) is 4.11. The molecule has 4 bridgehead atoms. The van der Waals surface area contributed by atoms with E-state index in [1.165, 1.54) is 23.9 Å². The number of carbonyl (C=O) groups is 1. The summed E-state index contributed by atoms with van der Waals surface area (Å²) in [5.74, 6) is 3.56. The molecule has 2 heterocycles. The Labute approximate surface area is 175 Å². The minimum absolute atomic E-state index is 0.00429. The molecule has 8 nitrogen and oxygen atoms in total. The summed E-state index contributed by atoms with van der Waals surface area (Å²) in [5, 5.41) is 10.8. The lowest BCUT2D eigenvalue weighted by Gasteiger charge is -2.56. The fourth-order valence-electron chi connectivity index (χ4n) is 6.63. The van der Waals surface area contributed by atoms with Gasteiger partial charge in [0, 0.05) is 18.1 Å². The number of aromatic nitrogens is 3. The first-order valence-corrected chi connectivity index (χ1v) is 11.4. The number of rotatable bonds is 6. The third kappa shape index (κ3) is 3.17. The summed E-state index contributed by atoms with van der Waals surface area (Å²) in [5.41, 5.74) is -0.137. The van der Waals surface area contributed by atoms with E-state index >= 15 is 0 Å². The molecule has 8 heteroatoms. The number of furan rings is 1. The minimum Gasteiger partial charge on any atom is -0.461 e. The third-order valence-corrected chi connectivity index (χ3v) is 7.55. The minimum atomic E-state index is -0.132. The Morgan fingerprint density at radius 3 is 2.47 bits per heavy atom. The molecule has 160 valence electrons. The van der Waals surface area contributed by atoms with Gasteiger partial charge in [-0.2, -0.15) is 0 Å². The predicted octanol–water partition coefficient (Wildman–Crippen LogP) is 2.91. The lowest BCUT2D eigenvalue weighted by Crippen LogP contribution is -2.61. The molecule has 7 rings (SSSR count). The van der Waals surface area contributed by atoms with Gasteiger partial charge in [0.05, 0.1) is 12.8 Å². The zero-order chi connectivity index (χ0) is 20.3. The first-order chi connectivity index (χ1) is 14.6. The second-order valence-corrected chi connectivity index (χ2v) is 9.99. The van der Waals surface area contributed by atoms with Gasteiger partial charge in [0.2, 0.25) is 5.82 Å². The van der Waals surface area contributed by atoms with Gasteiger partial charge < -0.3 is 15.1 Å². The summed E-state index contributed by atoms with van der Waals surface area (Å²) in [6.45, 7) is 0.720. The van der Waals surface area contributed by atoms with Crippen molar-refractivity contribution in [3.63, 3.8) is 0 Å². The highest BCUT2D eigenvalue weighted by Gasteiger charge is 2.51. The molecule has 2 aromatic rings. The van der Waals surface area contributed by atoms with E-state index in [1.54, 1.807) is 16.9 Å². The molecule has 0 spiro atoms. The van der Waals surface area contributed by atoms with Crippen LogP contribution in [0.2, 0.25) is 0 Å². The molecule has 2 amide bonds. The van der Waals surface area contributed by atoms with Crippen LogP contribution in [0.25, 0.3) is 11.6 Å². The van der Waals surface area contributed by atoms with E-state index in [0.717, 1.165) is 49.9 Å². The van der Waals surface area contributed by atoms with Crippen LogP contribution in [0, 0.1) is 17.8 Å². The van der Waals surface area contributed by atoms with Crippen LogP contribution in [0.1, 0.15) is 57.4 Å². The molecule has 0 unspecified atom stereocenters. The number of hydrogen-bond acceptors (Lipinski definition) is 4. The van der Waals surface area contributed by atoms with Crippen molar-refractivity contribution >= 4 is 6.03 Å². The maximum absolute atomic E-state index is 12.8. The Morgan fingerprint density at radius 2 is 1.87 bits per heavy atom. The van der Waals surface area contributed by atoms with Crippen molar-refractivity contribution in [1.29, 1.82) is 0 Å². The number of nitrogens with one attached hydrogen (secondary N) is 2. The van der Waals surface area contributed by atoms with E-state index in [0.29, 0.717) is 24.7 Å². The van der Waals surface area contributed by atoms with Crippen molar-refractivity contribution < 1.29 is 9.21 Å². The Bertz CT molecular complexity index is 965. The first kappa shape index (κ1) is 18.3. The molecular formula is C22H29N5O3. The standard InChI is InChI=1S/C22H29N5O3/c28-20(24-22-11-14-8-15(12-22)10-16(9-14)13-22)23-5-6-26-21(29)27(17-3-4-17)19(25-26)18-2-1-7-30-18/h1-2,7,14-17H,3-6,8-13H2,(H2,23,24,28). The smallest absolute Gasteiger partial charge is 0.346 e. The summed E-state index contributed by atoms with van der Waals surface area (Å²) < 4.78 is 8.64. The van der Waals surface area contributed by atoms with E-state index in [9.17, 15) is 9.59 Å². The van der Waals surface area contributed by atoms with Crippen molar-refractivity contribution in [2.45, 2.75) is 69.5 Å². The molecule has 5 aliphatic rings. The molecule has 5 saturated carbocycles. The summed E-state index contributed by atoms with van der Waals surface area (Å²) in [4.78, 5) is 25.5. The molecular weight excluding hydrogens is 382 g/mol. The molecule has 2 aromatic heterocycles. The molecule has 0 saturated heterocycles. The van der Waals surface area contributed by atoms with Gasteiger partial charge in [-0.05, 0) is 81.3 Å². The average Bonchev–Trinajstić information content (AvgIpc) is 3.25. The van der Waals surface area contributed by atoms with Gasteiger partial charge in [0.15, 0.2) is 5.76 Å². The van der Waals surface area contributed by atoms with Crippen LogP contribution in [0.3, 0.4) is 0 Å². The second kappa shape index (κ2) is 6.75. The highest BCUT2D eigenvalue weighted by atomic mass is 16.3. The largest absolute Gasteiger partial charge is 0.461 e. The summed E-state index contributed by atoms with van der Waals surface area (Å²) in [6, 6.07) is 3.71. The Morgan fingerprint density at radius 1 is 1.17 bits per heavy atom. The van der Waals surface area contributed by atoms with Crippen molar-refractivity contribution in [3.05, 3.63) is 28.9 Å². The summed E-state index contributed by atoms with van der Waals surface area (Å²) in [7, 11) is 0. The number of urea groups is 1. The van der Waals surface area contributed by atoms with Crippen LogP contribution in [0.15, 0.2) is 27.6 Å². The van der Waals surface area contributed by atoms with Gasteiger partial charge in [-0.1, -0.05) is 0 Å². The van der Waals surface area contributed by atoms with Gasteiger partial charge in [-0.15, -0.1) is 5.10 Å². The van der Waals surface area contributed by atoms with Crippen molar-refractivity contribution in [2.24, 2.45) is 17.8 Å². The van der Waals surface area contributed by atoms with E-state index in [1.807, 2.05) is 6.07 Å². The zero-order valence-corrected chi connectivity index (χ0v) is 17.2. The predicted molar refractivity (Wildman–Crippen MR) is 110 cm³/mol. The monoisotopic (exact) mass is 411 g/mol. The zero-order valence-electron chi connectivity index (χ0n) is 17.2. The van der Waals surface area contributed by atoms with Crippen LogP contribution in [-0.2, 0) is 6.54 Å². The molecule has 5 aliphatic carbocycles. The molecule has 0 aliphatic heterocycles. The molecule has 30 heavy (non-hydrogen) atoms. The van der Waals surface area contributed by atoms with Crippen molar-refractivity contribution in [3.8, 4) is 11.6 Å². The average molecular weight is 412 g/mol. The Balaban J connectivity index is 1.10. The molecule has 0 atom stereocenters. The third-order valence-electron chi connectivity index (χ3n) is 7.55. The normalized spacial score (nSPS) is 31.8. The fourth-order valence-corrected chi connectivity index (χ4v) is 6.63. The quantitative estimate of drug-likeness (QED) is 0.764. The number of hydrogen-bond donors (Lipinski definition) is 2. The summed E-state index contributed by atoms with van der Waals surface area (Å²) >= 11 is 0. The van der Waals surface area contributed by atoms with E-state index < -0.39 is 0 Å². The van der Waals surface area contributed by atoms with Gasteiger partial charge in [0.1, 0.15) is 0 Å². The molecule has 0 radical (unpaired) electrons. The van der Waals surface area contributed by atoms with Gasteiger partial charge >= 0.3 is 11.7 Å². The molecule has 2 N–H and O–H groups in total. The topological polar surface area (TPSA) is 94.1 Å². The fraction of sp³-hybridized carbons (Fsp3) is 0.682. The maximum Gasteiger partial charge on any atom is 0.346 e. The van der Waals surface area contributed by atoms with Gasteiger partial charge in [-0.25, -0.2) is 14.3 Å². The molecule has 0 aromatic carbocycles. The van der Waals surface area contributed by atoms with Crippen LogP contribution >= 0.6 is 0 Å². The SMILES string of the molecule is O=C(NCCn1nc(-c2ccco2)n(C2CC2)c1=O)NC12CC3CC(CC(C3)C1)C2. The van der Waals surface area contributed by atoms with Crippen LogP contribution < -0.4 is 16.3 Å².